The molecule has 0 radical (unpaired) electrons. The second kappa shape index (κ2) is 6.26. The number of amides is 2. The van der Waals surface area contributed by atoms with E-state index >= 15 is 0 Å². The lowest BCUT2D eigenvalue weighted by molar-refractivity contribution is -0.151. The molecule has 0 aromatic heterocycles. The molecule has 2 atom stereocenters. The first-order chi connectivity index (χ1) is 11.4. The first-order valence-electron chi connectivity index (χ1n) is 8.31. The van der Waals surface area contributed by atoms with Gasteiger partial charge in [0.25, 0.3) is 0 Å². The number of carboxylic acids is 1. The molecule has 1 N–H and O–H groups in total. The Balaban J connectivity index is 1.78. The van der Waals surface area contributed by atoms with E-state index in [1.807, 2.05) is 32.0 Å². The van der Waals surface area contributed by atoms with Crippen LogP contribution in [-0.4, -0.2) is 46.9 Å². The highest BCUT2D eigenvalue weighted by molar-refractivity contribution is 6.10. The number of hydrogen-bond donors (Lipinski definition) is 1. The van der Waals surface area contributed by atoms with Gasteiger partial charge in [-0.05, 0) is 56.4 Å². The van der Waals surface area contributed by atoms with Gasteiger partial charge in [-0.1, -0.05) is 6.07 Å². The van der Waals surface area contributed by atoms with E-state index in [0.29, 0.717) is 32.4 Å². The molecule has 2 amide bonds. The van der Waals surface area contributed by atoms with Crippen molar-refractivity contribution >= 4 is 23.5 Å². The Labute approximate surface area is 141 Å². The third-order valence-corrected chi connectivity index (χ3v) is 4.84. The first-order valence-corrected chi connectivity index (χ1v) is 8.31. The van der Waals surface area contributed by atoms with Gasteiger partial charge in [-0.25, -0.2) is 4.79 Å². The largest absolute Gasteiger partial charge is 0.480 e. The molecule has 1 aromatic carbocycles. The number of hydrogen-bond acceptors (Lipinski definition) is 3. The van der Waals surface area contributed by atoms with E-state index in [-0.39, 0.29) is 11.8 Å². The lowest BCUT2D eigenvalue weighted by Crippen LogP contribution is -2.45. The van der Waals surface area contributed by atoms with Gasteiger partial charge >= 0.3 is 5.97 Å². The molecule has 2 unspecified atom stereocenters. The molecule has 0 spiro atoms. The summed E-state index contributed by atoms with van der Waals surface area (Å²) in [5.41, 5.74) is 2.94. The van der Waals surface area contributed by atoms with Crippen molar-refractivity contribution < 1.29 is 19.5 Å². The standard InChI is InChI=1S/C18H22N2O4/c1-11-8-12(2)10-13(9-11)19-7-5-14(16(19)21)17(22)20-6-3-4-15(20)18(23)24/h8-10,14-15H,3-7H2,1-2H3,(H,23,24). The van der Waals surface area contributed by atoms with Crippen LogP contribution >= 0.6 is 0 Å². The van der Waals surface area contributed by atoms with Gasteiger partial charge < -0.3 is 14.9 Å². The van der Waals surface area contributed by atoms with Crippen molar-refractivity contribution in [1.29, 1.82) is 0 Å². The Bertz CT molecular complexity index is 680. The number of carboxylic acid groups (broad SMARTS) is 1. The van der Waals surface area contributed by atoms with Crippen LogP contribution in [0.5, 0.6) is 0 Å². The highest BCUT2D eigenvalue weighted by atomic mass is 16.4. The van der Waals surface area contributed by atoms with Crippen molar-refractivity contribution in [3.8, 4) is 0 Å². The maximum absolute atomic E-state index is 12.7. The van der Waals surface area contributed by atoms with Crippen molar-refractivity contribution in [2.75, 3.05) is 18.0 Å². The highest BCUT2D eigenvalue weighted by Crippen LogP contribution is 2.30. The van der Waals surface area contributed by atoms with E-state index in [1.54, 1.807) is 4.90 Å². The van der Waals surface area contributed by atoms with E-state index in [1.165, 1.54) is 4.90 Å². The molecule has 0 aliphatic carbocycles. The van der Waals surface area contributed by atoms with Crippen LogP contribution in [0.1, 0.15) is 30.4 Å². The summed E-state index contributed by atoms with van der Waals surface area (Å²) in [6.45, 7) is 4.86. The lowest BCUT2D eigenvalue weighted by Gasteiger charge is -2.24. The molecule has 1 aromatic rings. The van der Waals surface area contributed by atoms with E-state index < -0.39 is 17.9 Å². The maximum atomic E-state index is 12.7. The van der Waals surface area contributed by atoms with Gasteiger partial charge in [0.1, 0.15) is 12.0 Å². The van der Waals surface area contributed by atoms with Crippen molar-refractivity contribution in [3.05, 3.63) is 29.3 Å². The Kier molecular flexibility index (Phi) is 4.30. The molecule has 128 valence electrons. The van der Waals surface area contributed by atoms with E-state index in [0.717, 1.165) is 16.8 Å². The van der Waals surface area contributed by atoms with Gasteiger partial charge in [0.05, 0.1) is 0 Å². The minimum absolute atomic E-state index is 0.221. The van der Waals surface area contributed by atoms with Gasteiger partial charge in [-0.3, -0.25) is 9.59 Å². The van der Waals surface area contributed by atoms with Gasteiger partial charge in [0.15, 0.2) is 0 Å². The van der Waals surface area contributed by atoms with E-state index in [2.05, 4.69) is 0 Å². The SMILES string of the molecule is Cc1cc(C)cc(N2CCC(C(=O)N3CCCC3C(=O)O)C2=O)c1. The molecule has 2 fully saturated rings. The second-order valence-electron chi connectivity index (χ2n) is 6.70. The summed E-state index contributed by atoms with van der Waals surface area (Å²) >= 11 is 0. The zero-order chi connectivity index (χ0) is 17.4. The van der Waals surface area contributed by atoms with Crippen molar-refractivity contribution in [3.63, 3.8) is 0 Å². The van der Waals surface area contributed by atoms with Crippen LogP contribution in [0, 0.1) is 19.8 Å². The summed E-state index contributed by atoms with van der Waals surface area (Å²) in [6, 6.07) is 5.12. The number of nitrogens with zero attached hydrogens (tertiary/aromatic N) is 2. The summed E-state index contributed by atoms with van der Waals surface area (Å²) in [4.78, 5) is 39.7. The number of carbonyl (C=O) groups is 3. The molecule has 24 heavy (non-hydrogen) atoms. The Morgan fingerprint density at radius 2 is 1.75 bits per heavy atom. The molecule has 6 heteroatoms. The summed E-state index contributed by atoms with van der Waals surface area (Å²) in [7, 11) is 0. The van der Waals surface area contributed by atoms with Crippen molar-refractivity contribution in [2.24, 2.45) is 5.92 Å². The molecular weight excluding hydrogens is 308 g/mol. The number of carbonyl (C=O) groups excluding carboxylic acids is 2. The minimum atomic E-state index is -0.988. The molecule has 2 aliphatic rings. The topological polar surface area (TPSA) is 77.9 Å². The Hall–Kier alpha value is -2.37. The average Bonchev–Trinajstić information content (AvgIpc) is 3.12. The van der Waals surface area contributed by atoms with Gasteiger partial charge in [-0.2, -0.15) is 0 Å². The van der Waals surface area contributed by atoms with Crippen LogP contribution < -0.4 is 4.90 Å². The van der Waals surface area contributed by atoms with Crippen LogP contribution in [-0.2, 0) is 14.4 Å². The number of aryl methyl sites for hydroxylation is 2. The molecular formula is C18H22N2O4. The van der Waals surface area contributed by atoms with Crippen molar-refractivity contribution in [2.45, 2.75) is 39.2 Å². The molecule has 2 heterocycles. The number of benzene rings is 1. The van der Waals surface area contributed by atoms with E-state index in [4.69, 9.17) is 0 Å². The molecule has 2 aliphatic heterocycles. The number of rotatable bonds is 3. The van der Waals surface area contributed by atoms with Gasteiger partial charge in [-0.15, -0.1) is 0 Å². The average molecular weight is 330 g/mol. The lowest BCUT2D eigenvalue weighted by atomic mass is 10.1. The van der Waals surface area contributed by atoms with Gasteiger partial charge in [0, 0.05) is 18.8 Å². The maximum Gasteiger partial charge on any atom is 0.326 e. The monoisotopic (exact) mass is 330 g/mol. The summed E-state index contributed by atoms with van der Waals surface area (Å²) in [5, 5.41) is 9.24. The smallest absolute Gasteiger partial charge is 0.326 e. The fourth-order valence-corrected chi connectivity index (χ4v) is 3.76. The molecule has 0 saturated carbocycles. The Morgan fingerprint density at radius 1 is 1.08 bits per heavy atom. The molecule has 2 saturated heterocycles. The number of aliphatic carboxylic acids is 1. The Morgan fingerprint density at radius 3 is 2.38 bits per heavy atom. The second-order valence-corrected chi connectivity index (χ2v) is 6.70. The number of anilines is 1. The van der Waals surface area contributed by atoms with Crippen molar-refractivity contribution in [1.82, 2.24) is 4.90 Å². The minimum Gasteiger partial charge on any atom is -0.480 e. The van der Waals surface area contributed by atoms with Crippen LogP contribution in [0.4, 0.5) is 5.69 Å². The third-order valence-electron chi connectivity index (χ3n) is 4.84. The quantitative estimate of drug-likeness (QED) is 0.856. The first kappa shape index (κ1) is 16.5. The van der Waals surface area contributed by atoms with Crippen LogP contribution in [0.3, 0.4) is 0 Å². The van der Waals surface area contributed by atoms with Crippen LogP contribution in [0.15, 0.2) is 18.2 Å². The predicted molar refractivity (Wildman–Crippen MR) is 88.7 cm³/mol. The van der Waals surface area contributed by atoms with Crippen LogP contribution in [0.2, 0.25) is 0 Å². The zero-order valence-corrected chi connectivity index (χ0v) is 14.0. The predicted octanol–water partition coefficient (Wildman–Crippen LogP) is 1.73. The number of likely N-dealkylation sites (tertiary alicyclic amines) is 1. The summed E-state index contributed by atoms with van der Waals surface area (Å²) in [6.07, 6.45) is 1.57. The molecule has 0 bridgehead atoms. The highest BCUT2D eigenvalue weighted by Gasteiger charge is 2.44. The van der Waals surface area contributed by atoms with Crippen LogP contribution in [0.25, 0.3) is 0 Å². The summed E-state index contributed by atoms with van der Waals surface area (Å²) < 4.78 is 0. The fourth-order valence-electron chi connectivity index (χ4n) is 3.76. The fraction of sp³-hybridized carbons (Fsp3) is 0.500. The van der Waals surface area contributed by atoms with E-state index in [9.17, 15) is 19.5 Å². The molecule has 3 rings (SSSR count). The van der Waals surface area contributed by atoms with Gasteiger partial charge in [0.2, 0.25) is 11.8 Å². The zero-order valence-electron chi connectivity index (χ0n) is 14.0. The normalized spacial score (nSPS) is 23.8. The third kappa shape index (κ3) is 2.88. The molecule has 6 nitrogen and oxygen atoms in total. The summed E-state index contributed by atoms with van der Waals surface area (Å²) in [5.74, 6) is -2.30.